The van der Waals surface area contributed by atoms with E-state index in [-0.39, 0.29) is 0 Å². The summed E-state index contributed by atoms with van der Waals surface area (Å²) in [5.41, 5.74) is 2.41. The van der Waals surface area contributed by atoms with Gasteiger partial charge in [-0.05, 0) is 44.0 Å². The van der Waals surface area contributed by atoms with E-state index < -0.39 is 13.4 Å². The number of unbranched alkanes of at least 4 members (excludes halogenated alkanes) is 2. The maximum Gasteiger partial charge on any atom is 0.357 e. The van der Waals surface area contributed by atoms with Crippen LogP contribution in [0.4, 0.5) is 5.69 Å². The highest BCUT2D eigenvalue weighted by atomic mass is 35.5. The third-order valence-electron chi connectivity index (χ3n) is 4.75. The van der Waals surface area contributed by atoms with Crippen LogP contribution in [0.25, 0.3) is 0 Å². The quantitative estimate of drug-likeness (QED) is 0.227. The molecule has 0 bridgehead atoms. The number of rotatable bonds is 13. The molecule has 0 saturated carbocycles. The van der Waals surface area contributed by atoms with Gasteiger partial charge in [0.05, 0.1) is 25.3 Å². The number of benzene rings is 2. The molecule has 8 heteroatoms. The van der Waals surface area contributed by atoms with Gasteiger partial charge in [-0.15, -0.1) is 0 Å². The van der Waals surface area contributed by atoms with E-state index in [1.54, 1.807) is 12.1 Å². The Balaban J connectivity index is 2.57. The third-order valence-corrected chi connectivity index (χ3v) is 7.37. The third kappa shape index (κ3) is 7.40. The average Bonchev–Trinajstić information content (AvgIpc) is 2.73. The number of halogens is 2. The number of aryl methyl sites for hydroxylation is 1. The van der Waals surface area contributed by atoms with Crippen molar-refractivity contribution in [2.24, 2.45) is 0 Å². The summed E-state index contributed by atoms with van der Waals surface area (Å²) in [6, 6.07) is 11.1. The minimum Gasteiger partial charge on any atom is -0.495 e. The predicted molar refractivity (Wildman–Crippen MR) is 130 cm³/mol. The zero-order chi connectivity index (χ0) is 22.9. The van der Waals surface area contributed by atoms with Crippen LogP contribution in [0.15, 0.2) is 36.4 Å². The van der Waals surface area contributed by atoms with E-state index in [0.29, 0.717) is 34.6 Å². The first-order chi connectivity index (χ1) is 14.8. The average molecular weight is 488 g/mol. The van der Waals surface area contributed by atoms with Gasteiger partial charge in [-0.1, -0.05) is 67.6 Å². The van der Waals surface area contributed by atoms with Crippen LogP contribution < -0.4 is 10.1 Å². The number of hydrogen-bond acceptors (Lipinski definition) is 5. The Morgan fingerprint density at radius 1 is 1.00 bits per heavy atom. The Labute approximate surface area is 195 Å². The van der Waals surface area contributed by atoms with E-state index in [2.05, 4.69) is 5.32 Å². The molecule has 2 aromatic carbocycles. The molecule has 5 nitrogen and oxygen atoms in total. The summed E-state index contributed by atoms with van der Waals surface area (Å²) in [6.45, 7) is 6.75. The van der Waals surface area contributed by atoms with Crippen molar-refractivity contribution in [1.29, 1.82) is 0 Å². The minimum atomic E-state index is -3.68. The molecule has 0 spiro atoms. The van der Waals surface area contributed by atoms with Crippen LogP contribution in [0, 0.1) is 6.92 Å². The highest BCUT2D eigenvalue weighted by Gasteiger charge is 2.40. The van der Waals surface area contributed by atoms with Gasteiger partial charge in [0, 0.05) is 16.3 Å². The molecule has 2 aromatic rings. The van der Waals surface area contributed by atoms with Crippen LogP contribution in [0.1, 0.15) is 56.4 Å². The molecule has 0 fully saturated rings. The molecular weight excluding hydrogens is 456 g/mol. The Kier molecular flexibility index (Phi) is 10.7. The first kappa shape index (κ1) is 26.0. The monoisotopic (exact) mass is 487 g/mol. The summed E-state index contributed by atoms with van der Waals surface area (Å²) in [7, 11) is -2.16. The molecule has 0 amide bonds. The Hall–Kier alpha value is -1.23. The SMILES string of the molecule is CCCCOP(=O)(OCCCC)[C@@H](Nc1ccc(C)cc1)c1cc(Cl)cc(Cl)c1OC. The molecule has 2 rings (SSSR count). The summed E-state index contributed by atoms with van der Waals surface area (Å²) in [5.74, 6) is -0.468. The molecule has 31 heavy (non-hydrogen) atoms. The van der Waals surface area contributed by atoms with Crippen molar-refractivity contribution in [2.45, 2.75) is 52.2 Å². The fourth-order valence-corrected chi connectivity index (χ4v) is 5.56. The van der Waals surface area contributed by atoms with Crippen LogP contribution >= 0.6 is 30.8 Å². The lowest BCUT2D eigenvalue weighted by atomic mass is 10.1. The summed E-state index contributed by atoms with van der Waals surface area (Å²) in [5, 5.41) is 4.07. The lowest BCUT2D eigenvalue weighted by molar-refractivity contribution is 0.194. The first-order valence-corrected chi connectivity index (χ1v) is 13.0. The van der Waals surface area contributed by atoms with Crippen molar-refractivity contribution >= 4 is 36.5 Å². The Morgan fingerprint density at radius 3 is 2.10 bits per heavy atom. The molecular formula is C23H32Cl2NO4P. The lowest BCUT2D eigenvalue weighted by Crippen LogP contribution is -2.17. The fraction of sp³-hybridized carbons (Fsp3) is 0.478. The lowest BCUT2D eigenvalue weighted by Gasteiger charge is -2.30. The van der Waals surface area contributed by atoms with Gasteiger partial charge in [-0.25, -0.2) is 0 Å². The van der Waals surface area contributed by atoms with Gasteiger partial charge in [-0.3, -0.25) is 4.57 Å². The van der Waals surface area contributed by atoms with Crippen molar-refractivity contribution < 1.29 is 18.3 Å². The molecule has 0 aliphatic carbocycles. The van der Waals surface area contributed by atoms with Crippen molar-refractivity contribution in [3.05, 3.63) is 57.6 Å². The van der Waals surface area contributed by atoms with E-state index in [4.69, 9.17) is 37.0 Å². The largest absolute Gasteiger partial charge is 0.495 e. The molecule has 1 atom stereocenters. The van der Waals surface area contributed by atoms with Gasteiger partial charge in [0.15, 0.2) is 5.78 Å². The van der Waals surface area contributed by atoms with Gasteiger partial charge < -0.3 is 19.1 Å². The van der Waals surface area contributed by atoms with Crippen LogP contribution in [0.5, 0.6) is 5.75 Å². The van der Waals surface area contributed by atoms with Gasteiger partial charge in [0.25, 0.3) is 0 Å². The summed E-state index contributed by atoms with van der Waals surface area (Å²) < 4.78 is 31.6. The van der Waals surface area contributed by atoms with Crippen LogP contribution in [0.2, 0.25) is 10.0 Å². The van der Waals surface area contributed by atoms with Crippen molar-refractivity contribution in [2.75, 3.05) is 25.6 Å². The van der Waals surface area contributed by atoms with E-state index in [1.807, 2.05) is 45.0 Å². The number of nitrogens with one attached hydrogen (secondary N) is 1. The second-order valence-electron chi connectivity index (χ2n) is 7.34. The molecule has 0 saturated heterocycles. The normalized spacial score (nSPS) is 12.6. The Bertz CT molecular complexity index is 863. The molecule has 0 aliphatic heterocycles. The van der Waals surface area contributed by atoms with Gasteiger partial charge in [0.1, 0.15) is 5.75 Å². The molecule has 0 aliphatic rings. The Morgan fingerprint density at radius 2 is 1.58 bits per heavy atom. The number of anilines is 1. The smallest absolute Gasteiger partial charge is 0.357 e. The predicted octanol–water partition coefficient (Wildman–Crippen LogP) is 8.25. The summed E-state index contributed by atoms with van der Waals surface area (Å²) in [6.07, 6.45) is 3.37. The van der Waals surface area contributed by atoms with Gasteiger partial charge in [0.2, 0.25) is 0 Å². The molecule has 0 aromatic heterocycles. The van der Waals surface area contributed by atoms with E-state index in [0.717, 1.165) is 36.9 Å². The molecule has 0 heterocycles. The summed E-state index contributed by atoms with van der Waals surface area (Å²) >= 11 is 12.7. The van der Waals surface area contributed by atoms with Crippen molar-refractivity contribution in [3.63, 3.8) is 0 Å². The second-order valence-corrected chi connectivity index (χ2v) is 10.3. The summed E-state index contributed by atoms with van der Waals surface area (Å²) in [4.78, 5) is 0. The fourth-order valence-electron chi connectivity index (χ4n) is 2.99. The number of hydrogen-bond donors (Lipinski definition) is 1. The number of ether oxygens (including phenoxy) is 1. The standard InChI is InChI=1S/C23H32Cl2NO4P/c1-5-7-13-29-31(27,30-14-8-6-2)23(26-19-11-9-17(3)10-12-19)20-15-18(24)16-21(25)22(20)28-4/h9-12,15-16,23,26H,5-8,13-14H2,1-4H3/t23-/m1/s1. The first-order valence-electron chi connectivity index (χ1n) is 10.6. The maximum atomic E-state index is 14.2. The highest BCUT2D eigenvalue weighted by molar-refractivity contribution is 7.54. The van der Waals surface area contributed by atoms with Crippen molar-refractivity contribution in [1.82, 2.24) is 0 Å². The topological polar surface area (TPSA) is 56.8 Å². The van der Waals surface area contributed by atoms with Gasteiger partial charge >= 0.3 is 7.60 Å². The zero-order valence-electron chi connectivity index (χ0n) is 18.6. The van der Waals surface area contributed by atoms with Crippen LogP contribution in [-0.2, 0) is 13.6 Å². The van der Waals surface area contributed by atoms with Gasteiger partial charge in [-0.2, -0.15) is 0 Å². The molecule has 1 N–H and O–H groups in total. The van der Waals surface area contributed by atoms with Crippen LogP contribution in [0.3, 0.4) is 0 Å². The van der Waals surface area contributed by atoms with E-state index >= 15 is 0 Å². The highest BCUT2D eigenvalue weighted by Crippen LogP contribution is 2.63. The number of methoxy groups -OCH3 is 1. The van der Waals surface area contributed by atoms with Crippen LogP contribution in [-0.4, -0.2) is 20.3 Å². The molecule has 0 unspecified atom stereocenters. The maximum absolute atomic E-state index is 14.2. The second kappa shape index (κ2) is 12.7. The van der Waals surface area contributed by atoms with E-state index in [1.165, 1.54) is 7.11 Å². The van der Waals surface area contributed by atoms with Crippen molar-refractivity contribution in [3.8, 4) is 5.75 Å². The van der Waals surface area contributed by atoms with E-state index in [9.17, 15) is 4.57 Å². The molecule has 0 radical (unpaired) electrons. The minimum absolute atomic E-state index is 0.322. The zero-order valence-corrected chi connectivity index (χ0v) is 21.0. The molecule has 172 valence electrons.